The standard InChI is InChI=1S/C17H18N2O4S/c1-3-11-23-14-8-6-7-13(12-14)18-17(20)15-9-4-5-10-16(15)19-24(2,21)22/h3-10,12,19H,1,11H2,2H3,(H,18,20). The van der Waals surface area contributed by atoms with Gasteiger partial charge in [-0.1, -0.05) is 30.9 Å². The molecule has 0 saturated carbocycles. The Morgan fingerprint density at radius 3 is 2.67 bits per heavy atom. The Hall–Kier alpha value is -2.80. The molecule has 0 atom stereocenters. The lowest BCUT2D eigenvalue weighted by Gasteiger charge is -2.12. The quantitative estimate of drug-likeness (QED) is 0.755. The molecule has 2 rings (SSSR count). The van der Waals surface area contributed by atoms with E-state index in [4.69, 9.17) is 4.74 Å². The molecular weight excluding hydrogens is 328 g/mol. The van der Waals surface area contributed by atoms with Gasteiger partial charge in [-0.2, -0.15) is 0 Å². The second-order valence-electron chi connectivity index (χ2n) is 5.00. The van der Waals surface area contributed by atoms with E-state index in [0.29, 0.717) is 18.0 Å². The van der Waals surface area contributed by atoms with Crippen LogP contribution in [0.1, 0.15) is 10.4 Å². The predicted octanol–water partition coefficient (Wildman–Crippen LogP) is 2.88. The molecule has 24 heavy (non-hydrogen) atoms. The molecule has 0 fully saturated rings. The van der Waals surface area contributed by atoms with Crippen LogP contribution < -0.4 is 14.8 Å². The van der Waals surface area contributed by atoms with Crippen LogP contribution in [0.2, 0.25) is 0 Å². The van der Waals surface area contributed by atoms with Crippen molar-refractivity contribution in [3.63, 3.8) is 0 Å². The maximum atomic E-state index is 12.4. The second kappa shape index (κ2) is 7.65. The number of carbonyl (C=O) groups excluding carboxylic acids is 1. The number of ether oxygens (including phenoxy) is 1. The van der Waals surface area contributed by atoms with E-state index in [1.54, 1.807) is 48.5 Å². The third-order valence-corrected chi connectivity index (χ3v) is 3.52. The smallest absolute Gasteiger partial charge is 0.257 e. The largest absolute Gasteiger partial charge is 0.489 e. The first-order chi connectivity index (χ1) is 11.4. The number of carbonyl (C=O) groups is 1. The van der Waals surface area contributed by atoms with Crippen molar-refractivity contribution >= 4 is 27.3 Å². The van der Waals surface area contributed by atoms with Crippen LogP contribution in [-0.2, 0) is 10.0 Å². The molecule has 0 spiro atoms. The maximum Gasteiger partial charge on any atom is 0.257 e. The van der Waals surface area contributed by atoms with Gasteiger partial charge in [0.2, 0.25) is 10.0 Å². The number of hydrogen-bond donors (Lipinski definition) is 2. The summed E-state index contributed by atoms with van der Waals surface area (Å²) < 4.78 is 30.6. The third-order valence-electron chi connectivity index (χ3n) is 2.93. The zero-order chi connectivity index (χ0) is 17.6. The lowest BCUT2D eigenvalue weighted by molar-refractivity contribution is 0.102. The molecule has 7 heteroatoms. The number of nitrogens with one attached hydrogen (secondary N) is 2. The number of hydrogen-bond acceptors (Lipinski definition) is 4. The Morgan fingerprint density at radius 2 is 1.96 bits per heavy atom. The first-order valence-corrected chi connectivity index (χ1v) is 9.00. The molecule has 0 aromatic heterocycles. The van der Waals surface area contributed by atoms with E-state index in [1.807, 2.05) is 0 Å². The molecule has 0 heterocycles. The highest BCUT2D eigenvalue weighted by atomic mass is 32.2. The van der Waals surface area contributed by atoms with Gasteiger partial charge in [0.15, 0.2) is 0 Å². The predicted molar refractivity (Wildman–Crippen MR) is 95.0 cm³/mol. The summed E-state index contributed by atoms with van der Waals surface area (Å²) in [4.78, 5) is 12.4. The fraction of sp³-hybridized carbons (Fsp3) is 0.118. The van der Waals surface area contributed by atoms with Gasteiger partial charge in [0.1, 0.15) is 12.4 Å². The molecule has 0 aliphatic heterocycles. The Bertz CT molecular complexity index is 847. The Balaban J connectivity index is 2.20. The summed E-state index contributed by atoms with van der Waals surface area (Å²) in [5.41, 5.74) is 0.979. The molecule has 0 aliphatic rings. The molecular formula is C17H18N2O4S. The van der Waals surface area contributed by atoms with Gasteiger partial charge >= 0.3 is 0 Å². The first-order valence-electron chi connectivity index (χ1n) is 7.11. The number of rotatable bonds is 7. The van der Waals surface area contributed by atoms with Crippen LogP contribution in [0, 0.1) is 0 Å². The van der Waals surface area contributed by atoms with Crippen LogP contribution >= 0.6 is 0 Å². The fourth-order valence-electron chi connectivity index (χ4n) is 1.99. The van der Waals surface area contributed by atoms with Crippen LogP contribution in [0.25, 0.3) is 0 Å². The molecule has 0 aliphatic carbocycles. The summed E-state index contributed by atoms with van der Waals surface area (Å²) in [6.07, 6.45) is 2.65. The number of benzene rings is 2. The van der Waals surface area contributed by atoms with Gasteiger partial charge in [0.25, 0.3) is 5.91 Å². The third kappa shape index (κ3) is 5.13. The van der Waals surface area contributed by atoms with Crippen LogP contribution in [0.15, 0.2) is 61.2 Å². The maximum absolute atomic E-state index is 12.4. The molecule has 126 valence electrons. The normalized spacial score (nSPS) is 10.7. The number of para-hydroxylation sites is 1. The van der Waals surface area contributed by atoms with E-state index in [1.165, 1.54) is 6.07 Å². The van der Waals surface area contributed by atoms with Gasteiger partial charge in [0, 0.05) is 11.8 Å². The SMILES string of the molecule is C=CCOc1cccc(NC(=O)c2ccccc2NS(C)(=O)=O)c1. The van der Waals surface area contributed by atoms with E-state index in [0.717, 1.165) is 6.26 Å². The zero-order valence-electron chi connectivity index (χ0n) is 13.2. The molecule has 2 aromatic carbocycles. The summed E-state index contributed by atoms with van der Waals surface area (Å²) in [6, 6.07) is 13.3. The van der Waals surface area contributed by atoms with Gasteiger partial charge in [0.05, 0.1) is 17.5 Å². The second-order valence-corrected chi connectivity index (χ2v) is 6.75. The zero-order valence-corrected chi connectivity index (χ0v) is 14.0. The number of anilines is 2. The minimum absolute atomic E-state index is 0.219. The van der Waals surface area contributed by atoms with Crippen molar-refractivity contribution in [3.8, 4) is 5.75 Å². The molecule has 0 saturated heterocycles. The van der Waals surface area contributed by atoms with Gasteiger partial charge < -0.3 is 10.1 Å². The average molecular weight is 346 g/mol. The summed E-state index contributed by atoms with van der Waals surface area (Å²) in [6.45, 7) is 3.93. The molecule has 2 N–H and O–H groups in total. The first kappa shape index (κ1) is 17.6. The fourth-order valence-corrected chi connectivity index (χ4v) is 2.56. The summed E-state index contributed by atoms with van der Waals surface area (Å²) in [5.74, 6) is 0.165. The number of amides is 1. The minimum Gasteiger partial charge on any atom is -0.489 e. The highest BCUT2D eigenvalue weighted by Gasteiger charge is 2.14. The van der Waals surface area contributed by atoms with Crippen LogP contribution in [0.3, 0.4) is 0 Å². The van der Waals surface area contributed by atoms with Crippen molar-refractivity contribution in [2.45, 2.75) is 0 Å². The molecule has 2 aromatic rings. The van der Waals surface area contributed by atoms with Crippen molar-refractivity contribution in [3.05, 3.63) is 66.7 Å². The van der Waals surface area contributed by atoms with E-state index in [-0.39, 0.29) is 11.3 Å². The summed E-state index contributed by atoms with van der Waals surface area (Å²) >= 11 is 0. The van der Waals surface area contributed by atoms with E-state index < -0.39 is 15.9 Å². The highest BCUT2D eigenvalue weighted by molar-refractivity contribution is 7.92. The van der Waals surface area contributed by atoms with Crippen molar-refractivity contribution in [1.82, 2.24) is 0 Å². The summed E-state index contributed by atoms with van der Waals surface area (Å²) in [5, 5.41) is 2.72. The van der Waals surface area contributed by atoms with Gasteiger partial charge in [-0.15, -0.1) is 0 Å². The monoisotopic (exact) mass is 346 g/mol. The van der Waals surface area contributed by atoms with Crippen molar-refractivity contribution < 1.29 is 17.9 Å². The van der Waals surface area contributed by atoms with Gasteiger partial charge in [-0.3, -0.25) is 9.52 Å². The van der Waals surface area contributed by atoms with E-state index >= 15 is 0 Å². The molecule has 6 nitrogen and oxygen atoms in total. The van der Waals surface area contributed by atoms with Gasteiger partial charge in [-0.05, 0) is 24.3 Å². The Morgan fingerprint density at radius 1 is 1.21 bits per heavy atom. The van der Waals surface area contributed by atoms with Gasteiger partial charge in [-0.25, -0.2) is 8.42 Å². The lowest BCUT2D eigenvalue weighted by Crippen LogP contribution is -2.17. The molecule has 0 bridgehead atoms. The van der Waals surface area contributed by atoms with E-state index in [2.05, 4.69) is 16.6 Å². The van der Waals surface area contributed by atoms with Crippen LogP contribution in [0.4, 0.5) is 11.4 Å². The van der Waals surface area contributed by atoms with Crippen molar-refractivity contribution in [2.24, 2.45) is 0 Å². The Labute approximate surface area is 141 Å². The minimum atomic E-state index is -3.48. The van der Waals surface area contributed by atoms with Crippen LogP contribution in [0.5, 0.6) is 5.75 Å². The van der Waals surface area contributed by atoms with E-state index in [9.17, 15) is 13.2 Å². The molecule has 0 radical (unpaired) electrons. The summed E-state index contributed by atoms with van der Waals surface area (Å²) in [7, 11) is -3.48. The van der Waals surface area contributed by atoms with Crippen molar-refractivity contribution in [1.29, 1.82) is 0 Å². The van der Waals surface area contributed by atoms with Crippen molar-refractivity contribution in [2.75, 3.05) is 22.9 Å². The van der Waals surface area contributed by atoms with Crippen LogP contribution in [-0.4, -0.2) is 27.2 Å². The molecule has 1 amide bonds. The lowest BCUT2D eigenvalue weighted by atomic mass is 10.1. The average Bonchev–Trinajstić information content (AvgIpc) is 2.52. The molecule has 0 unspecified atom stereocenters. The highest BCUT2D eigenvalue weighted by Crippen LogP contribution is 2.21. The number of sulfonamides is 1. The topological polar surface area (TPSA) is 84.5 Å². The Kier molecular flexibility index (Phi) is 5.59.